The SMILES string of the molecule is Cc1ccccc1SCC(=O)Nc1ccc2c(c1)OCO2. The molecule has 3 rings (SSSR count). The van der Waals surface area contributed by atoms with E-state index in [0.717, 1.165) is 10.6 Å². The number of hydrogen-bond acceptors (Lipinski definition) is 4. The normalized spacial score (nSPS) is 12.2. The van der Waals surface area contributed by atoms with Crippen molar-refractivity contribution in [2.24, 2.45) is 0 Å². The second-order valence-electron chi connectivity index (χ2n) is 4.67. The monoisotopic (exact) mass is 301 g/mol. The predicted molar refractivity (Wildman–Crippen MR) is 83.1 cm³/mol. The van der Waals surface area contributed by atoms with Gasteiger partial charge in [0.2, 0.25) is 12.7 Å². The van der Waals surface area contributed by atoms with E-state index in [0.29, 0.717) is 17.3 Å². The van der Waals surface area contributed by atoms with Crippen molar-refractivity contribution in [2.45, 2.75) is 11.8 Å². The van der Waals surface area contributed by atoms with Gasteiger partial charge in [-0.05, 0) is 30.7 Å². The van der Waals surface area contributed by atoms with Crippen LogP contribution >= 0.6 is 11.8 Å². The molecule has 1 aliphatic heterocycles. The van der Waals surface area contributed by atoms with E-state index in [1.165, 1.54) is 17.3 Å². The average Bonchev–Trinajstić information content (AvgIpc) is 2.94. The molecule has 0 spiro atoms. The predicted octanol–water partition coefficient (Wildman–Crippen LogP) is 3.45. The molecule has 0 fully saturated rings. The van der Waals surface area contributed by atoms with Crippen LogP contribution in [0.4, 0.5) is 5.69 Å². The zero-order valence-electron chi connectivity index (χ0n) is 11.6. The molecule has 0 aromatic heterocycles. The van der Waals surface area contributed by atoms with Crippen molar-refractivity contribution in [3.63, 3.8) is 0 Å². The number of benzene rings is 2. The Labute approximate surface area is 127 Å². The van der Waals surface area contributed by atoms with Crippen molar-refractivity contribution in [3.05, 3.63) is 48.0 Å². The van der Waals surface area contributed by atoms with E-state index in [9.17, 15) is 4.79 Å². The molecule has 2 aromatic rings. The number of thioether (sulfide) groups is 1. The second kappa shape index (κ2) is 6.10. The van der Waals surface area contributed by atoms with Gasteiger partial charge in [0.05, 0.1) is 5.75 Å². The summed E-state index contributed by atoms with van der Waals surface area (Å²) in [6.07, 6.45) is 0. The first-order chi connectivity index (χ1) is 10.2. The fourth-order valence-electron chi connectivity index (χ4n) is 2.03. The Kier molecular flexibility index (Phi) is 4.01. The van der Waals surface area contributed by atoms with Crippen LogP contribution < -0.4 is 14.8 Å². The van der Waals surface area contributed by atoms with Crippen molar-refractivity contribution in [1.82, 2.24) is 0 Å². The van der Waals surface area contributed by atoms with E-state index in [1.54, 1.807) is 12.1 Å². The van der Waals surface area contributed by atoms with Gasteiger partial charge in [0, 0.05) is 16.6 Å². The van der Waals surface area contributed by atoms with Crippen LogP contribution in [0.5, 0.6) is 11.5 Å². The van der Waals surface area contributed by atoms with Crippen LogP contribution in [0.3, 0.4) is 0 Å². The molecule has 2 aromatic carbocycles. The summed E-state index contributed by atoms with van der Waals surface area (Å²) < 4.78 is 10.5. The molecule has 0 atom stereocenters. The third-order valence-corrected chi connectivity index (χ3v) is 4.28. The molecule has 1 heterocycles. The Morgan fingerprint density at radius 3 is 2.86 bits per heavy atom. The average molecular weight is 301 g/mol. The molecule has 1 N–H and O–H groups in total. The number of aryl methyl sites for hydroxylation is 1. The summed E-state index contributed by atoms with van der Waals surface area (Å²) in [6.45, 7) is 2.27. The number of ether oxygens (including phenoxy) is 2. The maximum atomic E-state index is 12.0. The lowest BCUT2D eigenvalue weighted by Gasteiger charge is -2.07. The van der Waals surface area contributed by atoms with Crippen LogP contribution in [-0.4, -0.2) is 18.5 Å². The van der Waals surface area contributed by atoms with Gasteiger partial charge < -0.3 is 14.8 Å². The summed E-state index contributed by atoms with van der Waals surface area (Å²) in [7, 11) is 0. The van der Waals surface area contributed by atoms with E-state index in [4.69, 9.17) is 9.47 Å². The fourth-order valence-corrected chi connectivity index (χ4v) is 2.86. The molecule has 4 nitrogen and oxygen atoms in total. The van der Waals surface area contributed by atoms with Crippen LogP contribution in [0, 0.1) is 6.92 Å². The van der Waals surface area contributed by atoms with Crippen LogP contribution in [-0.2, 0) is 4.79 Å². The number of carbonyl (C=O) groups is 1. The number of nitrogens with one attached hydrogen (secondary N) is 1. The van der Waals surface area contributed by atoms with Gasteiger partial charge in [-0.25, -0.2) is 0 Å². The van der Waals surface area contributed by atoms with Gasteiger partial charge in [-0.2, -0.15) is 0 Å². The quantitative estimate of drug-likeness (QED) is 0.879. The molecule has 0 bridgehead atoms. The van der Waals surface area contributed by atoms with Gasteiger partial charge in [-0.15, -0.1) is 11.8 Å². The number of amides is 1. The summed E-state index contributed by atoms with van der Waals surface area (Å²) >= 11 is 1.53. The zero-order chi connectivity index (χ0) is 14.7. The number of rotatable bonds is 4. The first-order valence-electron chi connectivity index (χ1n) is 6.60. The highest BCUT2D eigenvalue weighted by Crippen LogP contribution is 2.34. The van der Waals surface area contributed by atoms with E-state index in [1.807, 2.05) is 37.3 Å². The molecular formula is C16H15NO3S. The number of anilines is 1. The highest BCUT2D eigenvalue weighted by molar-refractivity contribution is 8.00. The van der Waals surface area contributed by atoms with Crippen LogP contribution in [0.25, 0.3) is 0 Å². The minimum atomic E-state index is -0.0397. The van der Waals surface area contributed by atoms with Gasteiger partial charge in [-0.3, -0.25) is 4.79 Å². The van der Waals surface area contributed by atoms with Crippen molar-refractivity contribution in [2.75, 3.05) is 17.9 Å². The first-order valence-corrected chi connectivity index (χ1v) is 7.59. The molecule has 1 aliphatic rings. The lowest BCUT2D eigenvalue weighted by molar-refractivity contribution is -0.113. The van der Waals surface area contributed by atoms with Crippen molar-refractivity contribution < 1.29 is 14.3 Å². The Morgan fingerprint density at radius 1 is 1.19 bits per heavy atom. The van der Waals surface area contributed by atoms with E-state index < -0.39 is 0 Å². The Morgan fingerprint density at radius 2 is 2.00 bits per heavy atom. The third-order valence-electron chi connectivity index (χ3n) is 3.11. The molecule has 0 saturated carbocycles. The number of fused-ring (bicyclic) bond motifs is 1. The lowest BCUT2D eigenvalue weighted by atomic mass is 10.2. The molecule has 108 valence electrons. The summed E-state index contributed by atoms with van der Waals surface area (Å²) in [6, 6.07) is 13.4. The third kappa shape index (κ3) is 3.31. The van der Waals surface area contributed by atoms with Crippen LogP contribution in [0.1, 0.15) is 5.56 Å². The van der Waals surface area contributed by atoms with Crippen molar-refractivity contribution in [1.29, 1.82) is 0 Å². The molecule has 0 aliphatic carbocycles. The standard InChI is InChI=1S/C16H15NO3S/c1-11-4-2-3-5-15(11)21-9-16(18)17-12-6-7-13-14(8-12)20-10-19-13/h2-8H,9-10H2,1H3,(H,17,18). The topological polar surface area (TPSA) is 47.6 Å². The summed E-state index contributed by atoms with van der Waals surface area (Å²) in [5.74, 6) is 1.71. The Bertz CT molecular complexity index is 672. The highest BCUT2D eigenvalue weighted by Gasteiger charge is 2.14. The number of hydrogen-bond donors (Lipinski definition) is 1. The highest BCUT2D eigenvalue weighted by atomic mass is 32.2. The van der Waals surface area contributed by atoms with Crippen LogP contribution in [0.15, 0.2) is 47.4 Å². The molecule has 1 amide bonds. The van der Waals surface area contributed by atoms with E-state index >= 15 is 0 Å². The molecule has 0 radical (unpaired) electrons. The van der Waals surface area contributed by atoms with Crippen LogP contribution in [0.2, 0.25) is 0 Å². The summed E-state index contributed by atoms with van der Waals surface area (Å²) in [5.41, 5.74) is 1.90. The van der Waals surface area contributed by atoms with Crippen molar-refractivity contribution >= 4 is 23.4 Å². The van der Waals surface area contributed by atoms with Gasteiger partial charge in [0.1, 0.15) is 0 Å². The van der Waals surface area contributed by atoms with Gasteiger partial charge in [0.25, 0.3) is 0 Å². The van der Waals surface area contributed by atoms with Gasteiger partial charge >= 0.3 is 0 Å². The molecule has 21 heavy (non-hydrogen) atoms. The zero-order valence-corrected chi connectivity index (χ0v) is 12.4. The lowest BCUT2D eigenvalue weighted by Crippen LogP contribution is -2.13. The molecule has 0 unspecified atom stereocenters. The molecule has 0 saturated heterocycles. The second-order valence-corrected chi connectivity index (χ2v) is 5.69. The van der Waals surface area contributed by atoms with Gasteiger partial charge in [-0.1, -0.05) is 18.2 Å². The van der Waals surface area contributed by atoms with Gasteiger partial charge in [0.15, 0.2) is 11.5 Å². The first kappa shape index (κ1) is 13.8. The largest absolute Gasteiger partial charge is 0.454 e. The minimum Gasteiger partial charge on any atom is -0.454 e. The fraction of sp³-hybridized carbons (Fsp3) is 0.188. The minimum absolute atomic E-state index is 0.0397. The smallest absolute Gasteiger partial charge is 0.234 e. The maximum Gasteiger partial charge on any atom is 0.234 e. The van der Waals surface area contributed by atoms with E-state index in [-0.39, 0.29) is 12.7 Å². The van der Waals surface area contributed by atoms with Crippen molar-refractivity contribution in [3.8, 4) is 11.5 Å². The summed E-state index contributed by atoms with van der Waals surface area (Å²) in [5, 5.41) is 2.87. The number of carbonyl (C=O) groups excluding carboxylic acids is 1. The maximum absolute atomic E-state index is 12.0. The summed E-state index contributed by atoms with van der Waals surface area (Å²) in [4.78, 5) is 13.1. The Hall–Kier alpha value is -2.14. The van der Waals surface area contributed by atoms with E-state index in [2.05, 4.69) is 5.32 Å². The molecule has 5 heteroatoms. The Balaban J connectivity index is 1.58. The molecular weight excluding hydrogens is 286 g/mol.